The largest absolute Gasteiger partial charge is 0.456 e. The summed E-state index contributed by atoms with van der Waals surface area (Å²) in [5.74, 6) is -2.11. The quantitative estimate of drug-likeness (QED) is 0.655. The van der Waals surface area contributed by atoms with Gasteiger partial charge in [-0.25, -0.2) is 9.80 Å². The van der Waals surface area contributed by atoms with E-state index < -0.39 is 23.6 Å². The third-order valence-electron chi connectivity index (χ3n) is 4.92. The van der Waals surface area contributed by atoms with Crippen LogP contribution in [0.4, 0.5) is 11.4 Å². The monoisotopic (exact) mass is 394 g/mol. The molecule has 7 nitrogen and oxygen atoms in total. The number of amides is 4. The molecule has 0 bridgehead atoms. The van der Waals surface area contributed by atoms with E-state index in [4.69, 9.17) is 4.42 Å². The summed E-state index contributed by atoms with van der Waals surface area (Å²) in [5.41, 5.74) is 3.48. The van der Waals surface area contributed by atoms with Crippen LogP contribution in [0.15, 0.2) is 28.7 Å². The Labute approximate surface area is 167 Å². The van der Waals surface area contributed by atoms with Crippen LogP contribution in [0.5, 0.6) is 0 Å². The molecule has 29 heavy (non-hydrogen) atoms. The predicted molar refractivity (Wildman–Crippen MR) is 111 cm³/mol. The van der Waals surface area contributed by atoms with Crippen molar-refractivity contribution >= 4 is 56.9 Å². The molecule has 0 atom stereocenters. The number of aryl methyl sites for hydroxylation is 2. The number of hydrogen-bond acceptors (Lipinski definition) is 5. The van der Waals surface area contributed by atoms with Gasteiger partial charge in [-0.05, 0) is 43.2 Å². The van der Waals surface area contributed by atoms with Gasteiger partial charge in [-0.3, -0.25) is 19.2 Å². The summed E-state index contributed by atoms with van der Waals surface area (Å²) >= 11 is 0. The van der Waals surface area contributed by atoms with Crippen LogP contribution in [0.1, 0.15) is 38.8 Å². The van der Waals surface area contributed by atoms with Gasteiger partial charge in [0.15, 0.2) is 0 Å². The lowest BCUT2D eigenvalue weighted by Gasteiger charge is -2.26. The number of rotatable bonds is 2. The van der Waals surface area contributed by atoms with Gasteiger partial charge in [0.2, 0.25) is 23.6 Å². The lowest BCUT2D eigenvalue weighted by atomic mass is 10.0. The molecule has 0 aliphatic heterocycles. The molecule has 1 aromatic heterocycles. The van der Waals surface area contributed by atoms with Crippen LogP contribution in [-0.4, -0.2) is 23.6 Å². The standard InChI is InChI=1S/C22H22N2O5/c1-11-7-17-18-9-19(23(13(3)25)14(4)26)20(24(15(5)27)16(6)28)10-22(18)29-21(17)8-12(11)2/h7-10H,1-6H3. The van der Waals surface area contributed by atoms with Crippen LogP contribution in [0.25, 0.3) is 21.9 Å². The molecule has 0 saturated carbocycles. The minimum Gasteiger partial charge on any atom is -0.456 e. The molecule has 0 radical (unpaired) electrons. The number of anilines is 2. The van der Waals surface area contributed by atoms with Gasteiger partial charge in [0.25, 0.3) is 0 Å². The number of nitrogens with zero attached hydrogens (tertiary/aromatic N) is 2. The molecule has 3 aromatic rings. The first-order chi connectivity index (χ1) is 13.5. The third kappa shape index (κ3) is 3.40. The number of furan rings is 1. The number of benzene rings is 2. The van der Waals surface area contributed by atoms with Crippen molar-refractivity contribution in [2.24, 2.45) is 0 Å². The summed E-state index contributed by atoms with van der Waals surface area (Å²) in [6.07, 6.45) is 0. The minimum absolute atomic E-state index is 0.121. The summed E-state index contributed by atoms with van der Waals surface area (Å²) < 4.78 is 5.96. The van der Waals surface area contributed by atoms with Crippen molar-refractivity contribution < 1.29 is 23.6 Å². The summed E-state index contributed by atoms with van der Waals surface area (Å²) in [6.45, 7) is 8.94. The maximum Gasteiger partial charge on any atom is 0.230 e. The highest BCUT2D eigenvalue weighted by atomic mass is 16.3. The summed E-state index contributed by atoms with van der Waals surface area (Å²) in [5, 5.41) is 1.50. The maximum atomic E-state index is 12.2. The number of carbonyl (C=O) groups is 4. The molecule has 150 valence electrons. The normalized spacial score (nSPS) is 11.0. The predicted octanol–water partition coefficient (Wildman–Crippen LogP) is 4.00. The summed E-state index contributed by atoms with van der Waals surface area (Å²) in [6, 6.07) is 7.02. The molecule has 0 aliphatic rings. The van der Waals surface area contributed by atoms with Crippen LogP contribution in [0.2, 0.25) is 0 Å². The zero-order valence-electron chi connectivity index (χ0n) is 17.2. The van der Waals surface area contributed by atoms with E-state index in [1.807, 2.05) is 26.0 Å². The molecule has 0 unspecified atom stereocenters. The maximum absolute atomic E-state index is 12.2. The fourth-order valence-electron chi connectivity index (χ4n) is 3.54. The zero-order chi connectivity index (χ0) is 21.6. The van der Waals surface area contributed by atoms with E-state index in [2.05, 4.69) is 0 Å². The second kappa shape index (κ2) is 7.16. The molecule has 3 rings (SSSR count). The smallest absolute Gasteiger partial charge is 0.230 e. The average Bonchev–Trinajstić information content (AvgIpc) is 2.90. The molecule has 0 spiro atoms. The minimum atomic E-state index is -0.534. The van der Waals surface area contributed by atoms with Crippen LogP contribution in [0.3, 0.4) is 0 Å². The van der Waals surface area contributed by atoms with Gasteiger partial charge in [-0.1, -0.05) is 0 Å². The Morgan fingerprint density at radius 1 is 0.621 bits per heavy atom. The molecule has 0 saturated heterocycles. The van der Waals surface area contributed by atoms with Crippen LogP contribution >= 0.6 is 0 Å². The Morgan fingerprint density at radius 2 is 1.00 bits per heavy atom. The fourth-order valence-corrected chi connectivity index (χ4v) is 3.54. The van der Waals surface area contributed by atoms with Crippen molar-refractivity contribution in [3.8, 4) is 0 Å². The van der Waals surface area contributed by atoms with E-state index in [0.717, 1.165) is 26.3 Å². The van der Waals surface area contributed by atoms with Crippen LogP contribution < -0.4 is 9.80 Å². The number of carbonyl (C=O) groups excluding carboxylic acids is 4. The van der Waals surface area contributed by atoms with Crippen molar-refractivity contribution in [1.82, 2.24) is 0 Å². The van der Waals surface area contributed by atoms with Crippen LogP contribution in [0, 0.1) is 13.8 Å². The van der Waals surface area contributed by atoms with Crippen molar-refractivity contribution in [1.29, 1.82) is 0 Å². The van der Waals surface area contributed by atoms with Gasteiger partial charge in [0.05, 0.1) is 11.4 Å². The van der Waals surface area contributed by atoms with E-state index in [-0.39, 0.29) is 11.4 Å². The fraction of sp³-hybridized carbons (Fsp3) is 0.273. The molecule has 7 heteroatoms. The van der Waals surface area contributed by atoms with Gasteiger partial charge < -0.3 is 4.42 Å². The number of fused-ring (bicyclic) bond motifs is 3. The first kappa shape index (κ1) is 20.3. The first-order valence-corrected chi connectivity index (χ1v) is 9.13. The molecule has 4 amide bonds. The van der Waals surface area contributed by atoms with Crippen molar-refractivity contribution in [2.45, 2.75) is 41.5 Å². The van der Waals surface area contributed by atoms with Crippen molar-refractivity contribution in [2.75, 3.05) is 9.80 Å². The summed E-state index contributed by atoms with van der Waals surface area (Å²) in [7, 11) is 0. The Kier molecular flexibility index (Phi) is 5.00. The first-order valence-electron chi connectivity index (χ1n) is 9.13. The molecule has 0 N–H and O–H groups in total. The third-order valence-corrected chi connectivity index (χ3v) is 4.92. The zero-order valence-corrected chi connectivity index (χ0v) is 17.2. The molecule has 1 heterocycles. The van der Waals surface area contributed by atoms with E-state index in [0.29, 0.717) is 16.6 Å². The molecule has 0 aliphatic carbocycles. The van der Waals surface area contributed by atoms with Gasteiger partial charge in [-0.2, -0.15) is 0 Å². The van der Waals surface area contributed by atoms with E-state index in [1.165, 1.54) is 33.8 Å². The highest BCUT2D eigenvalue weighted by molar-refractivity contribution is 6.23. The van der Waals surface area contributed by atoms with Gasteiger partial charge in [0.1, 0.15) is 11.2 Å². The number of imide groups is 2. The van der Waals surface area contributed by atoms with Gasteiger partial charge in [0, 0.05) is 44.5 Å². The topological polar surface area (TPSA) is 87.9 Å². The molecule has 0 fully saturated rings. The lowest BCUT2D eigenvalue weighted by molar-refractivity contribution is -0.126. The van der Waals surface area contributed by atoms with E-state index in [9.17, 15) is 19.2 Å². The van der Waals surface area contributed by atoms with Crippen molar-refractivity contribution in [3.63, 3.8) is 0 Å². The van der Waals surface area contributed by atoms with Gasteiger partial charge >= 0.3 is 0 Å². The highest BCUT2D eigenvalue weighted by Gasteiger charge is 2.28. The van der Waals surface area contributed by atoms with E-state index >= 15 is 0 Å². The average molecular weight is 394 g/mol. The van der Waals surface area contributed by atoms with Crippen LogP contribution in [-0.2, 0) is 19.2 Å². The Bertz CT molecular complexity index is 1180. The number of hydrogen-bond donors (Lipinski definition) is 0. The van der Waals surface area contributed by atoms with E-state index in [1.54, 1.807) is 6.07 Å². The second-order valence-corrected chi connectivity index (χ2v) is 7.12. The lowest BCUT2D eigenvalue weighted by Crippen LogP contribution is -2.38. The molecule has 2 aromatic carbocycles. The Morgan fingerprint density at radius 3 is 1.48 bits per heavy atom. The van der Waals surface area contributed by atoms with Gasteiger partial charge in [-0.15, -0.1) is 0 Å². The molecular formula is C22H22N2O5. The second-order valence-electron chi connectivity index (χ2n) is 7.12. The molecular weight excluding hydrogens is 372 g/mol. The SMILES string of the molecule is CC(=O)N(C(C)=O)c1cc2oc3cc(C)c(C)cc3c2cc1N(C(C)=O)C(C)=O. The summed E-state index contributed by atoms with van der Waals surface area (Å²) in [4.78, 5) is 50.7. The highest BCUT2D eigenvalue weighted by Crippen LogP contribution is 2.40. The van der Waals surface area contributed by atoms with Crippen molar-refractivity contribution in [3.05, 3.63) is 35.4 Å². The Balaban J connectivity index is 2.46. The Hall–Kier alpha value is -3.48.